The van der Waals surface area contributed by atoms with Crippen molar-refractivity contribution in [3.05, 3.63) is 54.6 Å². The molecule has 2 rings (SSSR count). The molecule has 9 nitrogen and oxygen atoms in total. The van der Waals surface area contributed by atoms with Crippen LogP contribution in [0.2, 0.25) is 0 Å². The van der Waals surface area contributed by atoms with Crippen LogP contribution in [-0.2, 0) is 42.9 Å². The minimum Gasteiger partial charge on any atom is -0.469 e. The first kappa shape index (κ1) is 31.8. The van der Waals surface area contributed by atoms with Crippen molar-refractivity contribution in [1.29, 1.82) is 0 Å². The van der Waals surface area contributed by atoms with E-state index < -0.39 is 35.7 Å². The number of hydrogen-bond acceptors (Lipinski definition) is 9. The second kappa shape index (κ2) is 17.9. The number of rotatable bonds is 18. The summed E-state index contributed by atoms with van der Waals surface area (Å²) in [5.41, 5.74) is 1.10. The lowest BCUT2D eigenvalue weighted by molar-refractivity contribution is -0.182. The second-order valence-electron chi connectivity index (χ2n) is 9.26. The molecule has 9 heteroatoms. The van der Waals surface area contributed by atoms with Crippen molar-refractivity contribution in [3.63, 3.8) is 0 Å². The molecule has 1 aliphatic rings. The summed E-state index contributed by atoms with van der Waals surface area (Å²) >= 11 is 0. The first-order valence-corrected chi connectivity index (χ1v) is 13.3. The summed E-state index contributed by atoms with van der Waals surface area (Å²) in [5, 5.41) is 0. The van der Waals surface area contributed by atoms with E-state index in [0.717, 1.165) is 18.4 Å². The maximum Gasteiger partial charge on any atom is 0.310 e. The van der Waals surface area contributed by atoms with E-state index in [9.17, 15) is 19.2 Å². The molecule has 1 aliphatic carbocycles. The average Bonchev–Trinajstić information content (AvgIpc) is 2.93. The van der Waals surface area contributed by atoms with Gasteiger partial charge in [0.15, 0.2) is 0 Å². The summed E-state index contributed by atoms with van der Waals surface area (Å²) in [4.78, 5) is 49.0. The van der Waals surface area contributed by atoms with Crippen LogP contribution in [0.3, 0.4) is 0 Å². The highest BCUT2D eigenvalue weighted by molar-refractivity contribution is 5.85. The fraction of sp³-hybridized carbons (Fsp3) is 0.533. The fourth-order valence-corrected chi connectivity index (χ4v) is 4.85. The van der Waals surface area contributed by atoms with Crippen LogP contribution in [0.5, 0.6) is 0 Å². The molecule has 0 heterocycles. The van der Waals surface area contributed by atoms with Crippen LogP contribution >= 0.6 is 0 Å². The van der Waals surface area contributed by atoms with Crippen molar-refractivity contribution >= 4 is 30.0 Å². The molecule has 0 saturated heterocycles. The molecule has 0 unspecified atom stereocenters. The van der Waals surface area contributed by atoms with E-state index in [-0.39, 0.29) is 51.1 Å². The van der Waals surface area contributed by atoms with Crippen molar-refractivity contribution < 1.29 is 42.9 Å². The maximum absolute atomic E-state index is 13.0. The maximum atomic E-state index is 13.0. The molecule has 39 heavy (non-hydrogen) atoms. The van der Waals surface area contributed by atoms with Crippen LogP contribution < -0.4 is 0 Å². The van der Waals surface area contributed by atoms with Crippen LogP contribution in [0.15, 0.2) is 49.1 Å². The quantitative estimate of drug-likeness (QED) is 0.116. The number of benzene rings is 1. The number of esters is 4. The third-order valence-corrected chi connectivity index (χ3v) is 6.76. The van der Waals surface area contributed by atoms with Gasteiger partial charge in [0.2, 0.25) is 0 Å². The van der Waals surface area contributed by atoms with Gasteiger partial charge in [-0.25, -0.2) is 0 Å². The lowest BCUT2D eigenvalue weighted by Crippen LogP contribution is -2.55. The van der Waals surface area contributed by atoms with Crippen molar-refractivity contribution in [2.75, 3.05) is 40.6 Å². The van der Waals surface area contributed by atoms with E-state index in [0.29, 0.717) is 12.8 Å². The molecule has 1 aromatic carbocycles. The SMILES string of the molecule is C=CCC[C@@H]1[C@@H](CC/C=C\c2ccccc2)[C@H](C(=O)OC)[C@@H]1C(=O)OCCOC(=O)CCC(=O)OCCOC. The topological polar surface area (TPSA) is 114 Å². The minimum atomic E-state index is -0.627. The Bertz CT molecular complexity index is 956. The lowest BCUT2D eigenvalue weighted by atomic mass is 9.54. The van der Waals surface area contributed by atoms with E-state index in [1.54, 1.807) is 6.08 Å². The minimum absolute atomic E-state index is 0.0168. The van der Waals surface area contributed by atoms with Gasteiger partial charge in [0, 0.05) is 7.11 Å². The third-order valence-electron chi connectivity index (χ3n) is 6.76. The first-order valence-electron chi connectivity index (χ1n) is 13.3. The number of hydrogen-bond donors (Lipinski definition) is 0. The molecule has 0 radical (unpaired) electrons. The van der Waals surface area contributed by atoms with Gasteiger partial charge in [-0.05, 0) is 43.1 Å². The Labute approximate surface area is 230 Å². The molecule has 1 saturated carbocycles. The summed E-state index contributed by atoms with van der Waals surface area (Å²) < 4.78 is 25.1. The van der Waals surface area contributed by atoms with Gasteiger partial charge in [-0.2, -0.15) is 0 Å². The molecule has 0 bridgehead atoms. The number of ether oxygens (including phenoxy) is 5. The summed E-state index contributed by atoms with van der Waals surface area (Å²) in [7, 11) is 2.81. The highest BCUT2D eigenvalue weighted by Crippen LogP contribution is 2.52. The molecule has 4 atom stereocenters. The molecule has 214 valence electrons. The summed E-state index contributed by atoms with van der Waals surface area (Å²) in [6.07, 6.45) is 8.58. The van der Waals surface area contributed by atoms with Crippen molar-refractivity contribution in [1.82, 2.24) is 0 Å². The largest absolute Gasteiger partial charge is 0.469 e. The number of carbonyl (C=O) groups excluding carboxylic acids is 4. The van der Waals surface area contributed by atoms with E-state index in [1.807, 2.05) is 36.4 Å². The van der Waals surface area contributed by atoms with Crippen LogP contribution in [0.4, 0.5) is 0 Å². The number of methoxy groups -OCH3 is 2. The van der Waals surface area contributed by atoms with Crippen LogP contribution in [-0.4, -0.2) is 64.5 Å². The highest BCUT2D eigenvalue weighted by Gasteiger charge is 2.57. The number of carbonyl (C=O) groups is 4. The monoisotopic (exact) mass is 544 g/mol. The predicted molar refractivity (Wildman–Crippen MR) is 144 cm³/mol. The van der Waals surface area contributed by atoms with Gasteiger partial charge >= 0.3 is 23.9 Å². The standard InChI is InChI=1S/C30H40O9/c1-4-5-14-23-24(15-10-9-13-22-11-7-6-8-12-22)27(29(33)36-3)28(23)30(34)39-21-20-38-26(32)17-16-25(31)37-19-18-35-2/h4,6-9,11-13,23-24,27-28H,1,5,10,14-21H2,2-3H3/b13-9-/t23-,24-,27+,28-/m1/s1. The Balaban J connectivity index is 1.85. The van der Waals surface area contributed by atoms with Crippen molar-refractivity contribution in [2.24, 2.45) is 23.7 Å². The number of allylic oxidation sites excluding steroid dienone is 2. The zero-order valence-electron chi connectivity index (χ0n) is 22.9. The van der Waals surface area contributed by atoms with Gasteiger partial charge in [0.1, 0.15) is 19.8 Å². The lowest BCUT2D eigenvalue weighted by Gasteiger charge is -2.49. The van der Waals surface area contributed by atoms with Crippen LogP contribution in [0.1, 0.15) is 44.1 Å². The Hall–Kier alpha value is -3.46. The van der Waals surface area contributed by atoms with Gasteiger partial charge in [0.05, 0.1) is 38.4 Å². The Morgan fingerprint density at radius 3 is 1.92 bits per heavy atom. The zero-order valence-corrected chi connectivity index (χ0v) is 22.9. The van der Waals surface area contributed by atoms with Crippen LogP contribution in [0, 0.1) is 23.7 Å². The summed E-state index contributed by atoms with van der Waals surface area (Å²) in [6, 6.07) is 9.95. The van der Waals surface area contributed by atoms with E-state index >= 15 is 0 Å². The highest BCUT2D eigenvalue weighted by atomic mass is 16.6. The molecule has 0 aromatic heterocycles. The first-order chi connectivity index (χ1) is 18.9. The van der Waals surface area contributed by atoms with E-state index in [1.165, 1.54) is 14.2 Å². The van der Waals surface area contributed by atoms with E-state index in [2.05, 4.69) is 12.7 Å². The Morgan fingerprint density at radius 1 is 0.769 bits per heavy atom. The summed E-state index contributed by atoms with van der Waals surface area (Å²) in [5.74, 6) is -3.33. The average molecular weight is 545 g/mol. The van der Waals surface area contributed by atoms with Gasteiger partial charge in [-0.15, -0.1) is 6.58 Å². The fourth-order valence-electron chi connectivity index (χ4n) is 4.85. The molecule has 0 amide bonds. The van der Waals surface area contributed by atoms with Gasteiger partial charge in [0.25, 0.3) is 0 Å². The molecular formula is C30H40O9. The molecule has 0 aliphatic heterocycles. The van der Waals surface area contributed by atoms with Gasteiger partial charge < -0.3 is 23.7 Å². The zero-order chi connectivity index (χ0) is 28.5. The predicted octanol–water partition coefficient (Wildman–Crippen LogP) is 4.15. The third kappa shape index (κ3) is 10.7. The molecule has 0 N–H and O–H groups in total. The Morgan fingerprint density at radius 2 is 1.33 bits per heavy atom. The smallest absolute Gasteiger partial charge is 0.310 e. The molecule has 0 spiro atoms. The van der Waals surface area contributed by atoms with Crippen molar-refractivity contribution in [2.45, 2.75) is 38.5 Å². The van der Waals surface area contributed by atoms with E-state index in [4.69, 9.17) is 23.7 Å². The van der Waals surface area contributed by atoms with Gasteiger partial charge in [-0.1, -0.05) is 48.6 Å². The molecular weight excluding hydrogens is 504 g/mol. The second-order valence-corrected chi connectivity index (χ2v) is 9.26. The Kier molecular flexibility index (Phi) is 14.6. The molecule has 1 aromatic rings. The van der Waals surface area contributed by atoms with Gasteiger partial charge in [-0.3, -0.25) is 19.2 Å². The summed E-state index contributed by atoms with van der Waals surface area (Å²) in [6.45, 7) is 3.88. The van der Waals surface area contributed by atoms with Crippen LogP contribution in [0.25, 0.3) is 6.08 Å². The van der Waals surface area contributed by atoms with Crippen molar-refractivity contribution in [3.8, 4) is 0 Å². The molecule has 1 fully saturated rings. The normalized spacial score (nSPS) is 20.1.